The molecule has 0 radical (unpaired) electrons. The maximum absolute atomic E-state index is 12.1. The molecule has 0 aliphatic rings. The van der Waals surface area contributed by atoms with Gasteiger partial charge in [-0.15, -0.1) is 0 Å². The Balaban J connectivity index is 2.38. The van der Waals surface area contributed by atoms with Crippen molar-refractivity contribution in [1.29, 1.82) is 0 Å². The maximum atomic E-state index is 12.1. The summed E-state index contributed by atoms with van der Waals surface area (Å²) in [6, 6.07) is 6.57. The molecule has 0 heterocycles. The summed E-state index contributed by atoms with van der Waals surface area (Å²) < 4.78 is 5.07. The van der Waals surface area contributed by atoms with Gasteiger partial charge in [0.2, 0.25) is 0 Å². The first-order chi connectivity index (χ1) is 13.2. The Bertz CT molecular complexity index is 642. The molecule has 0 spiro atoms. The van der Waals surface area contributed by atoms with Gasteiger partial charge < -0.3 is 20.7 Å². The zero-order valence-electron chi connectivity index (χ0n) is 17.5. The monoisotopic (exact) mass is 391 g/mol. The van der Waals surface area contributed by atoms with Crippen LogP contribution < -0.4 is 16.0 Å². The number of rotatable bonds is 10. The van der Waals surface area contributed by atoms with Crippen molar-refractivity contribution in [1.82, 2.24) is 16.0 Å². The van der Waals surface area contributed by atoms with Crippen LogP contribution in [0.4, 0.5) is 4.79 Å². The van der Waals surface area contributed by atoms with E-state index in [0.29, 0.717) is 18.0 Å². The lowest BCUT2D eigenvalue weighted by atomic mass is 10.0. The highest BCUT2D eigenvalue weighted by Gasteiger charge is 2.12. The second-order valence-electron chi connectivity index (χ2n) is 7.69. The summed E-state index contributed by atoms with van der Waals surface area (Å²) in [5.74, 6) is -0.274. The fourth-order valence-corrected chi connectivity index (χ4v) is 2.44. The highest BCUT2D eigenvalue weighted by atomic mass is 16.5. The molecule has 1 aromatic rings. The molecule has 0 saturated carbocycles. The van der Waals surface area contributed by atoms with Crippen LogP contribution in [0.3, 0.4) is 0 Å². The van der Waals surface area contributed by atoms with E-state index in [1.54, 1.807) is 24.3 Å². The van der Waals surface area contributed by atoms with E-state index in [9.17, 15) is 14.4 Å². The summed E-state index contributed by atoms with van der Waals surface area (Å²) in [6.07, 6.45) is 1.92. The lowest BCUT2D eigenvalue weighted by Gasteiger charge is -2.15. The first-order valence-electron chi connectivity index (χ1n) is 9.77. The number of urea groups is 1. The predicted molar refractivity (Wildman–Crippen MR) is 109 cm³/mol. The average molecular weight is 392 g/mol. The molecule has 0 fully saturated rings. The van der Waals surface area contributed by atoms with Crippen molar-refractivity contribution in [3.63, 3.8) is 0 Å². The van der Waals surface area contributed by atoms with Crippen LogP contribution in [0.1, 0.15) is 63.4 Å². The average Bonchev–Trinajstić information content (AvgIpc) is 2.62. The molecule has 156 valence electrons. The first-order valence-corrected chi connectivity index (χ1v) is 9.77. The number of ether oxygens (including phenoxy) is 1. The Labute approximate surface area is 167 Å². The van der Waals surface area contributed by atoms with Crippen LogP contribution in [0.2, 0.25) is 0 Å². The SMILES string of the molecule is CC(C)CC[C@@H](C)NC(=O)COC(=O)c1ccc(CNC(=O)NC(C)C)cc1. The summed E-state index contributed by atoms with van der Waals surface area (Å²) in [6.45, 7) is 10.0. The minimum absolute atomic E-state index is 0.0493. The molecule has 3 amide bonds. The van der Waals surface area contributed by atoms with E-state index in [0.717, 1.165) is 18.4 Å². The molecule has 0 aliphatic heterocycles. The van der Waals surface area contributed by atoms with E-state index >= 15 is 0 Å². The molecule has 1 aromatic carbocycles. The molecule has 7 nitrogen and oxygen atoms in total. The minimum Gasteiger partial charge on any atom is -0.452 e. The Morgan fingerprint density at radius 2 is 1.57 bits per heavy atom. The molecule has 0 aliphatic carbocycles. The largest absolute Gasteiger partial charge is 0.452 e. The van der Waals surface area contributed by atoms with E-state index < -0.39 is 5.97 Å². The van der Waals surface area contributed by atoms with Crippen molar-refractivity contribution in [2.75, 3.05) is 6.61 Å². The Hall–Kier alpha value is -2.57. The molecule has 3 N–H and O–H groups in total. The zero-order valence-corrected chi connectivity index (χ0v) is 17.5. The fraction of sp³-hybridized carbons (Fsp3) is 0.571. The number of hydrogen-bond acceptors (Lipinski definition) is 4. The van der Waals surface area contributed by atoms with Crippen molar-refractivity contribution in [3.8, 4) is 0 Å². The lowest BCUT2D eigenvalue weighted by Crippen LogP contribution is -2.39. The van der Waals surface area contributed by atoms with Crippen molar-refractivity contribution >= 4 is 17.9 Å². The zero-order chi connectivity index (χ0) is 21.1. The maximum Gasteiger partial charge on any atom is 0.338 e. The van der Waals surface area contributed by atoms with Gasteiger partial charge in [-0.2, -0.15) is 0 Å². The van der Waals surface area contributed by atoms with Gasteiger partial charge in [-0.05, 0) is 57.2 Å². The van der Waals surface area contributed by atoms with Crippen LogP contribution in [0.25, 0.3) is 0 Å². The summed E-state index contributed by atoms with van der Waals surface area (Å²) in [7, 11) is 0. The van der Waals surface area contributed by atoms with Gasteiger partial charge in [-0.25, -0.2) is 9.59 Å². The van der Waals surface area contributed by atoms with Crippen molar-refractivity contribution in [3.05, 3.63) is 35.4 Å². The highest BCUT2D eigenvalue weighted by molar-refractivity contribution is 5.91. The fourth-order valence-electron chi connectivity index (χ4n) is 2.44. The number of hydrogen-bond donors (Lipinski definition) is 3. The summed E-state index contributed by atoms with van der Waals surface area (Å²) in [5, 5.41) is 8.30. The quantitative estimate of drug-likeness (QED) is 0.534. The number of carbonyl (C=O) groups excluding carboxylic acids is 3. The third kappa shape index (κ3) is 9.94. The third-order valence-corrected chi connectivity index (χ3v) is 3.98. The van der Waals surface area contributed by atoms with Crippen LogP contribution in [0, 0.1) is 5.92 Å². The number of nitrogens with one attached hydrogen (secondary N) is 3. The van der Waals surface area contributed by atoms with Gasteiger partial charge in [0, 0.05) is 18.6 Å². The van der Waals surface area contributed by atoms with Crippen LogP contribution in [-0.2, 0) is 16.1 Å². The van der Waals surface area contributed by atoms with Gasteiger partial charge in [0.25, 0.3) is 5.91 Å². The Kier molecular flexibility index (Phi) is 10.1. The van der Waals surface area contributed by atoms with E-state index in [1.807, 2.05) is 20.8 Å². The summed E-state index contributed by atoms with van der Waals surface area (Å²) in [4.78, 5) is 35.5. The van der Waals surface area contributed by atoms with E-state index in [1.165, 1.54) is 0 Å². The number of esters is 1. The van der Waals surface area contributed by atoms with Gasteiger partial charge in [-0.1, -0.05) is 26.0 Å². The molecule has 28 heavy (non-hydrogen) atoms. The second kappa shape index (κ2) is 12.0. The second-order valence-corrected chi connectivity index (χ2v) is 7.69. The van der Waals surface area contributed by atoms with Gasteiger partial charge in [0.15, 0.2) is 6.61 Å². The minimum atomic E-state index is -0.554. The standard InChI is InChI=1S/C21H33N3O4/c1-14(2)6-7-16(5)24-19(25)13-28-20(26)18-10-8-17(9-11-18)12-22-21(27)23-15(3)4/h8-11,14-16H,6-7,12-13H2,1-5H3,(H,24,25)(H2,22,23,27)/t16-/m1/s1. The summed E-state index contributed by atoms with van der Waals surface area (Å²) >= 11 is 0. The smallest absolute Gasteiger partial charge is 0.338 e. The molecule has 7 heteroatoms. The van der Waals surface area contributed by atoms with Crippen molar-refractivity contribution in [2.45, 2.75) is 66.1 Å². The van der Waals surface area contributed by atoms with Gasteiger partial charge in [0.1, 0.15) is 0 Å². The molecule has 0 unspecified atom stereocenters. The van der Waals surface area contributed by atoms with Crippen molar-refractivity contribution in [2.24, 2.45) is 5.92 Å². The molecular weight excluding hydrogens is 358 g/mol. The number of carbonyl (C=O) groups is 3. The van der Waals surface area contributed by atoms with Crippen LogP contribution in [0.5, 0.6) is 0 Å². The molecule has 0 aromatic heterocycles. The van der Waals surface area contributed by atoms with Crippen LogP contribution in [0.15, 0.2) is 24.3 Å². The Morgan fingerprint density at radius 3 is 2.14 bits per heavy atom. The Morgan fingerprint density at radius 1 is 0.929 bits per heavy atom. The topological polar surface area (TPSA) is 96.5 Å². The van der Waals surface area contributed by atoms with E-state index in [2.05, 4.69) is 29.8 Å². The normalized spacial score (nSPS) is 11.8. The number of amides is 3. The van der Waals surface area contributed by atoms with Crippen LogP contribution >= 0.6 is 0 Å². The van der Waals surface area contributed by atoms with Gasteiger partial charge >= 0.3 is 12.0 Å². The van der Waals surface area contributed by atoms with E-state index in [-0.39, 0.29) is 30.6 Å². The van der Waals surface area contributed by atoms with E-state index in [4.69, 9.17) is 4.74 Å². The molecule has 0 bridgehead atoms. The van der Waals surface area contributed by atoms with Gasteiger partial charge in [-0.3, -0.25) is 4.79 Å². The molecular formula is C21H33N3O4. The van der Waals surface area contributed by atoms with Crippen molar-refractivity contribution < 1.29 is 19.1 Å². The lowest BCUT2D eigenvalue weighted by molar-refractivity contribution is -0.124. The first kappa shape index (κ1) is 23.5. The number of benzene rings is 1. The predicted octanol–water partition coefficient (Wildman–Crippen LogP) is 2.99. The summed E-state index contributed by atoms with van der Waals surface area (Å²) in [5.41, 5.74) is 1.21. The van der Waals surface area contributed by atoms with Crippen LogP contribution in [-0.4, -0.2) is 36.6 Å². The molecule has 1 atom stereocenters. The molecule has 1 rings (SSSR count). The van der Waals surface area contributed by atoms with Gasteiger partial charge in [0.05, 0.1) is 5.56 Å². The molecule has 0 saturated heterocycles. The third-order valence-electron chi connectivity index (χ3n) is 3.98. The highest BCUT2D eigenvalue weighted by Crippen LogP contribution is 2.07.